The van der Waals surface area contributed by atoms with E-state index in [-0.39, 0.29) is 0 Å². The Morgan fingerprint density at radius 2 is 1.88 bits per heavy atom. The zero-order chi connectivity index (χ0) is 17.4. The SMILES string of the molecule is CCO/N=C/c1cc(C)c(OCCCCc2cc(C)no2)c(C)c1. The number of hydrogen-bond acceptors (Lipinski definition) is 5. The maximum atomic E-state index is 5.97. The quantitative estimate of drug-likeness (QED) is 0.389. The molecule has 2 aromatic rings. The Morgan fingerprint density at radius 1 is 1.12 bits per heavy atom. The van der Waals surface area contributed by atoms with Crippen molar-refractivity contribution in [2.24, 2.45) is 5.16 Å². The van der Waals surface area contributed by atoms with Gasteiger partial charge in [-0.1, -0.05) is 10.3 Å². The van der Waals surface area contributed by atoms with Crippen LogP contribution in [-0.2, 0) is 11.3 Å². The zero-order valence-corrected chi connectivity index (χ0v) is 15.0. The van der Waals surface area contributed by atoms with Crippen molar-refractivity contribution in [2.45, 2.75) is 47.0 Å². The Balaban J connectivity index is 1.81. The van der Waals surface area contributed by atoms with E-state index >= 15 is 0 Å². The fraction of sp³-hybridized carbons (Fsp3) is 0.474. The highest BCUT2D eigenvalue weighted by molar-refractivity contribution is 5.80. The average molecular weight is 330 g/mol. The van der Waals surface area contributed by atoms with Gasteiger partial charge in [-0.25, -0.2) is 0 Å². The van der Waals surface area contributed by atoms with Crippen molar-refractivity contribution in [3.05, 3.63) is 46.3 Å². The summed E-state index contributed by atoms with van der Waals surface area (Å²) in [5.74, 6) is 1.90. The van der Waals surface area contributed by atoms with E-state index in [0.717, 1.165) is 53.2 Å². The highest BCUT2D eigenvalue weighted by atomic mass is 16.6. The van der Waals surface area contributed by atoms with E-state index in [0.29, 0.717) is 13.2 Å². The Morgan fingerprint density at radius 3 is 2.50 bits per heavy atom. The van der Waals surface area contributed by atoms with Gasteiger partial charge in [0.25, 0.3) is 0 Å². The minimum Gasteiger partial charge on any atom is -0.493 e. The van der Waals surface area contributed by atoms with Gasteiger partial charge in [-0.2, -0.15) is 0 Å². The van der Waals surface area contributed by atoms with E-state index in [1.165, 1.54) is 0 Å². The van der Waals surface area contributed by atoms with Gasteiger partial charge in [0.1, 0.15) is 18.1 Å². The molecule has 5 heteroatoms. The van der Waals surface area contributed by atoms with E-state index in [2.05, 4.69) is 36.3 Å². The molecular formula is C19H26N2O3. The lowest BCUT2D eigenvalue weighted by Crippen LogP contribution is -2.02. The summed E-state index contributed by atoms with van der Waals surface area (Å²) in [4.78, 5) is 5.00. The molecule has 0 aliphatic rings. The van der Waals surface area contributed by atoms with Crippen LogP contribution in [0.2, 0.25) is 0 Å². The Hall–Kier alpha value is -2.30. The maximum absolute atomic E-state index is 5.97. The van der Waals surface area contributed by atoms with Crippen molar-refractivity contribution >= 4 is 6.21 Å². The van der Waals surface area contributed by atoms with Gasteiger partial charge >= 0.3 is 0 Å². The number of oxime groups is 1. The highest BCUT2D eigenvalue weighted by Crippen LogP contribution is 2.24. The Labute approximate surface area is 143 Å². The predicted molar refractivity (Wildman–Crippen MR) is 94.8 cm³/mol. The molecule has 0 saturated heterocycles. The molecule has 130 valence electrons. The second kappa shape index (κ2) is 9.11. The molecule has 1 aromatic carbocycles. The predicted octanol–water partition coefficient (Wildman–Crippen LogP) is 4.37. The molecule has 0 amide bonds. The van der Waals surface area contributed by atoms with E-state index in [4.69, 9.17) is 14.1 Å². The van der Waals surface area contributed by atoms with Crippen LogP contribution in [0.3, 0.4) is 0 Å². The van der Waals surface area contributed by atoms with E-state index < -0.39 is 0 Å². The highest BCUT2D eigenvalue weighted by Gasteiger charge is 2.06. The van der Waals surface area contributed by atoms with Gasteiger partial charge in [0.15, 0.2) is 0 Å². The second-order valence-electron chi connectivity index (χ2n) is 5.88. The molecule has 0 atom stereocenters. The fourth-order valence-electron chi connectivity index (χ4n) is 2.57. The number of rotatable bonds is 9. The first-order valence-corrected chi connectivity index (χ1v) is 8.41. The van der Waals surface area contributed by atoms with Gasteiger partial charge in [-0.15, -0.1) is 0 Å². The number of aromatic nitrogens is 1. The number of nitrogens with zero attached hydrogens (tertiary/aromatic N) is 2. The summed E-state index contributed by atoms with van der Waals surface area (Å²) >= 11 is 0. The zero-order valence-electron chi connectivity index (χ0n) is 15.0. The topological polar surface area (TPSA) is 56.9 Å². The molecule has 0 radical (unpaired) electrons. The lowest BCUT2D eigenvalue weighted by molar-refractivity contribution is 0.160. The van der Waals surface area contributed by atoms with E-state index in [9.17, 15) is 0 Å². The second-order valence-corrected chi connectivity index (χ2v) is 5.88. The van der Waals surface area contributed by atoms with Gasteiger partial charge < -0.3 is 14.1 Å². The maximum Gasteiger partial charge on any atom is 0.136 e. The first-order chi connectivity index (χ1) is 11.6. The summed E-state index contributed by atoms with van der Waals surface area (Å²) in [7, 11) is 0. The van der Waals surface area contributed by atoms with E-state index in [1.807, 2.05) is 19.9 Å². The van der Waals surface area contributed by atoms with Crippen LogP contribution < -0.4 is 4.74 Å². The monoisotopic (exact) mass is 330 g/mol. The molecule has 0 aliphatic heterocycles. The number of aryl methyl sites for hydroxylation is 4. The van der Waals surface area contributed by atoms with Crippen LogP contribution in [0.5, 0.6) is 5.75 Å². The molecule has 1 heterocycles. The van der Waals surface area contributed by atoms with Crippen molar-refractivity contribution < 1.29 is 14.1 Å². The van der Waals surface area contributed by atoms with Gasteiger partial charge in [-0.3, -0.25) is 0 Å². The molecule has 0 fully saturated rings. The molecule has 0 aliphatic carbocycles. The third-order valence-electron chi connectivity index (χ3n) is 3.63. The van der Waals surface area contributed by atoms with Gasteiger partial charge in [0.05, 0.1) is 18.5 Å². The number of ether oxygens (including phenoxy) is 1. The Kier molecular flexibility index (Phi) is 6.85. The Bertz CT molecular complexity index is 654. The van der Waals surface area contributed by atoms with Crippen molar-refractivity contribution in [1.82, 2.24) is 5.16 Å². The molecule has 1 aromatic heterocycles. The van der Waals surface area contributed by atoms with Crippen LogP contribution in [0.15, 0.2) is 27.9 Å². The average Bonchev–Trinajstić information content (AvgIpc) is 2.95. The number of benzene rings is 1. The van der Waals surface area contributed by atoms with Crippen molar-refractivity contribution in [3.8, 4) is 5.75 Å². The molecule has 2 rings (SSSR count). The van der Waals surface area contributed by atoms with Crippen LogP contribution in [0.25, 0.3) is 0 Å². The first-order valence-electron chi connectivity index (χ1n) is 8.41. The summed E-state index contributed by atoms with van der Waals surface area (Å²) in [6.07, 6.45) is 4.62. The molecule has 0 saturated carbocycles. The third kappa shape index (κ3) is 5.41. The largest absolute Gasteiger partial charge is 0.493 e. The fourth-order valence-corrected chi connectivity index (χ4v) is 2.57. The van der Waals surface area contributed by atoms with Crippen molar-refractivity contribution in [1.29, 1.82) is 0 Å². The normalized spacial score (nSPS) is 11.2. The van der Waals surface area contributed by atoms with Gasteiger partial charge in [0, 0.05) is 12.5 Å². The minimum atomic E-state index is 0.573. The molecule has 0 spiro atoms. The first kappa shape index (κ1) is 18.0. The summed E-state index contributed by atoms with van der Waals surface area (Å²) in [5.41, 5.74) is 4.17. The van der Waals surface area contributed by atoms with Crippen LogP contribution >= 0.6 is 0 Å². The van der Waals surface area contributed by atoms with Crippen LogP contribution in [0, 0.1) is 20.8 Å². The van der Waals surface area contributed by atoms with Gasteiger partial charge in [-0.05, 0) is 69.4 Å². The van der Waals surface area contributed by atoms with Crippen LogP contribution in [0.4, 0.5) is 0 Å². The smallest absolute Gasteiger partial charge is 0.136 e. The summed E-state index contributed by atoms with van der Waals surface area (Å²) in [5, 5.41) is 7.80. The summed E-state index contributed by atoms with van der Waals surface area (Å²) < 4.78 is 11.2. The molecule has 0 bridgehead atoms. The lowest BCUT2D eigenvalue weighted by atomic mass is 10.1. The van der Waals surface area contributed by atoms with Gasteiger partial charge in [0.2, 0.25) is 0 Å². The summed E-state index contributed by atoms with van der Waals surface area (Å²) in [6.45, 7) is 9.22. The van der Waals surface area contributed by atoms with Crippen LogP contribution in [0.1, 0.15) is 47.9 Å². The third-order valence-corrected chi connectivity index (χ3v) is 3.63. The minimum absolute atomic E-state index is 0.573. The molecular weight excluding hydrogens is 304 g/mol. The van der Waals surface area contributed by atoms with E-state index in [1.54, 1.807) is 6.21 Å². The molecule has 24 heavy (non-hydrogen) atoms. The lowest BCUT2D eigenvalue weighted by Gasteiger charge is -2.13. The molecule has 0 N–H and O–H groups in total. The van der Waals surface area contributed by atoms with Crippen molar-refractivity contribution in [3.63, 3.8) is 0 Å². The summed E-state index contributed by atoms with van der Waals surface area (Å²) in [6, 6.07) is 6.10. The number of hydrogen-bond donors (Lipinski definition) is 0. The number of unbranched alkanes of at least 4 members (excludes halogenated alkanes) is 1. The molecule has 5 nitrogen and oxygen atoms in total. The standard InChI is InChI=1S/C19H26N2O3/c1-5-23-20-13-17-10-14(2)19(15(3)11-17)22-9-7-6-8-18-12-16(4)21-24-18/h10-13H,5-9H2,1-4H3/b20-13+. The van der Waals surface area contributed by atoms with Crippen LogP contribution in [-0.4, -0.2) is 24.6 Å². The van der Waals surface area contributed by atoms with Crippen molar-refractivity contribution in [2.75, 3.05) is 13.2 Å². The molecule has 0 unspecified atom stereocenters.